The fourth-order valence-electron chi connectivity index (χ4n) is 1.65. The van der Waals surface area contributed by atoms with Crippen molar-refractivity contribution in [2.45, 2.75) is 6.54 Å². The molecule has 0 aromatic carbocycles. The molecule has 102 valence electrons. The summed E-state index contributed by atoms with van der Waals surface area (Å²) in [6, 6.07) is 3.67. The van der Waals surface area contributed by atoms with Gasteiger partial charge in [0.1, 0.15) is 0 Å². The van der Waals surface area contributed by atoms with E-state index in [1.165, 1.54) is 0 Å². The lowest BCUT2D eigenvalue weighted by Gasteiger charge is -2.17. The van der Waals surface area contributed by atoms with E-state index >= 15 is 0 Å². The Kier molecular flexibility index (Phi) is 6.64. The molecule has 0 aliphatic heterocycles. The van der Waals surface area contributed by atoms with E-state index in [0.29, 0.717) is 0 Å². The molecule has 0 unspecified atom stereocenters. The van der Waals surface area contributed by atoms with Crippen molar-refractivity contribution in [3.63, 3.8) is 0 Å². The van der Waals surface area contributed by atoms with E-state index in [1.54, 1.807) is 24.8 Å². The summed E-state index contributed by atoms with van der Waals surface area (Å²) in [6.45, 7) is 4.26. The SMILES string of the molecule is COCCNCCN(C)Cc1ccn(C)c(=O)c1. The summed E-state index contributed by atoms with van der Waals surface area (Å²) in [6.07, 6.45) is 1.81. The highest BCUT2D eigenvalue weighted by Gasteiger charge is 2.01. The van der Waals surface area contributed by atoms with E-state index in [4.69, 9.17) is 4.74 Å². The lowest BCUT2D eigenvalue weighted by atomic mass is 10.2. The number of ether oxygens (including phenoxy) is 1. The number of aryl methyl sites for hydroxylation is 1. The van der Waals surface area contributed by atoms with E-state index in [1.807, 2.05) is 12.3 Å². The number of aromatic nitrogens is 1. The highest BCUT2D eigenvalue weighted by molar-refractivity contribution is 5.10. The van der Waals surface area contributed by atoms with Gasteiger partial charge in [-0.05, 0) is 18.7 Å². The molecule has 0 aliphatic carbocycles. The molecular formula is C13H23N3O2. The van der Waals surface area contributed by atoms with Crippen molar-refractivity contribution < 1.29 is 4.74 Å². The van der Waals surface area contributed by atoms with Gasteiger partial charge in [-0.1, -0.05) is 0 Å². The van der Waals surface area contributed by atoms with E-state index in [0.717, 1.165) is 38.3 Å². The number of likely N-dealkylation sites (N-methyl/N-ethyl adjacent to an activating group) is 1. The van der Waals surface area contributed by atoms with Crippen LogP contribution in [-0.2, 0) is 18.3 Å². The molecule has 0 aliphatic rings. The normalized spacial score (nSPS) is 11.1. The minimum Gasteiger partial charge on any atom is -0.383 e. The molecule has 1 rings (SSSR count). The Morgan fingerprint density at radius 2 is 2.22 bits per heavy atom. The third kappa shape index (κ3) is 5.44. The maximum Gasteiger partial charge on any atom is 0.250 e. The summed E-state index contributed by atoms with van der Waals surface area (Å²) in [4.78, 5) is 13.7. The van der Waals surface area contributed by atoms with Gasteiger partial charge in [0.25, 0.3) is 5.56 Å². The van der Waals surface area contributed by atoms with E-state index in [2.05, 4.69) is 17.3 Å². The molecule has 0 amide bonds. The molecule has 5 heteroatoms. The van der Waals surface area contributed by atoms with Crippen LogP contribution in [0.15, 0.2) is 23.1 Å². The molecule has 1 aromatic rings. The van der Waals surface area contributed by atoms with Crippen LogP contribution in [0.2, 0.25) is 0 Å². The van der Waals surface area contributed by atoms with E-state index < -0.39 is 0 Å². The summed E-state index contributed by atoms with van der Waals surface area (Å²) in [7, 11) is 5.51. The maximum absolute atomic E-state index is 11.5. The highest BCUT2D eigenvalue weighted by atomic mass is 16.5. The zero-order valence-corrected chi connectivity index (χ0v) is 11.5. The van der Waals surface area contributed by atoms with Crippen molar-refractivity contribution in [3.05, 3.63) is 34.2 Å². The minimum atomic E-state index is 0.0409. The van der Waals surface area contributed by atoms with Gasteiger partial charge in [-0.2, -0.15) is 0 Å². The molecule has 0 spiro atoms. The minimum absolute atomic E-state index is 0.0409. The van der Waals surface area contributed by atoms with Crippen LogP contribution in [0.4, 0.5) is 0 Å². The van der Waals surface area contributed by atoms with Gasteiger partial charge in [0, 0.05) is 52.6 Å². The van der Waals surface area contributed by atoms with Crippen molar-refractivity contribution in [2.75, 3.05) is 40.4 Å². The Hall–Kier alpha value is -1.17. The lowest BCUT2D eigenvalue weighted by Crippen LogP contribution is -2.31. The Balaban J connectivity index is 2.29. The zero-order chi connectivity index (χ0) is 13.4. The maximum atomic E-state index is 11.5. The number of hydrogen-bond acceptors (Lipinski definition) is 4. The highest BCUT2D eigenvalue weighted by Crippen LogP contribution is 1.98. The third-order valence-corrected chi connectivity index (χ3v) is 2.77. The number of nitrogens with one attached hydrogen (secondary N) is 1. The molecule has 18 heavy (non-hydrogen) atoms. The summed E-state index contributed by atoms with van der Waals surface area (Å²) < 4.78 is 6.53. The molecule has 0 bridgehead atoms. The number of rotatable bonds is 8. The molecule has 5 nitrogen and oxygen atoms in total. The summed E-state index contributed by atoms with van der Waals surface area (Å²) in [5.74, 6) is 0. The van der Waals surface area contributed by atoms with Gasteiger partial charge in [0.15, 0.2) is 0 Å². The van der Waals surface area contributed by atoms with Crippen molar-refractivity contribution in [1.29, 1.82) is 0 Å². The standard InChI is InChI=1S/C13H23N3O2/c1-15(8-5-14-6-9-18-3)11-12-4-7-16(2)13(17)10-12/h4,7,10,14H,5-6,8-9,11H2,1-3H3. The van der Waals surface area contributed by atoms with Crippen molar-refractivity contribution in [2.24, 2.45) is 7.05 Å². The predicted molar refractivity (Wildman–Crippen MR) is 72.8 cm³/mol. The van der Waals surface area contributed by atoms with Gasteiger partial charge in [0.05, 0.1) is 6.61 Å². The number of methoxy groups -OCH3 is 1. The topological polar surface area (TPSA) is 46.5 Å². The van der Waals surface area contributed by atoms with Gasteiger partial charge < -0.3 is 19.5 Å². The Labute approximate surface area is 108 Å². The molecule has 0 saturated carbocycles. The van der Waals surface area contributed by atoms with Crippen LogP contribution < -0.4 is 10.9 Å². The van der Waals surface area contributed by atoms with Crippen LogP contribution in [0.25, 0.3) is 0 Å². The van der Waals surface area contributed by atoms with Crippen LogP contribution in [0.3, 0.4) is 0 Å². The average molecular weight is 253 g/mol. The Morgan fingerprint density at radius 3 is 2.89 bits per heavy atom. The quantitative estimate of drug-likeness (QED) is 0.665. The molecule has 0 fully saturated rings. The molecule has 0 saturated heterocycles. The fourth-order valence-corrected chi connectivity index (χ4v) is 1.65. The Morgan fingerprint density at radius 1 is 1.44 bits per heavy atom. The first-order valence-electron chi connectivity index (χ1n) is 6.17. The van der Waals surface area contributed by atoms with Crippen LogP contribution in [-0.4, -0.2) is 49.9 Å². The smallest absolute Gasteiger partial charge is 0.250 e. The Bertz CT molecular complexity index is 403. The molecule has 0 atom stereocenters. The van der Waals surface area contributed by atoms with Gasteiger partial charge >= 0.3 is 0 Å². The average Bonchev–Trinajstić information content (AvgIpc) is 2.34. The second kappa shape index (κ2) is 8.02. The third-order valence-electron chi connectivity index (χ3n) is 2.77. The monoisotopic (exact) mass is 253 g/mol. The second-order valence-electron chi connectivity index (χ2n) is 4.46. The summed E-state index contributed by atoms with van der Waals surface area (Å²) in [5.41, 5.74) is 1.09. The first-order chi connectivity index (χ1) is 8.63. The molecular weight excluding hydrogens is 230 g/mol. The van der Waals surface area contributed by atoms with Crippen molar-refractivity contribution in [3.8, 4) is 0 Å². The van der Waals surface area contributed by atoms with Gasteiger partial charge in [-0.25, -0.2) is 0 Å². The number of nitrogens with zero attached hydrogens (tertiary/aromatic N) is 2. The van der Waals surface area contributed by atoms with Crippen LogP contribution in [0.1, 0.15) is 5.56 Å². The largest absolute Gasteiger partial charge is 0.383 e. The van der Waals surface area contributed by atoms with Gasteiger partial charge in [0.2, 0.25) is 0 Å². The van der Waals surface area contributed by atoms with Crippen molar-refractivity contribution in [1.82, 2.24) is 14.8 Å². The first kappa shape index (κ1) is 14.9. The second-order valence-corrected chi connectivity index (χ2v) is 4.46. The zero-order valence-electron chi connectivity index (χ0n) is 11.5. The van der Waals surface area contributed by atoms with Crippen LogP contribution in [0.5, 0.6) is 0 Å². The molecule has 1 N–H and O–H groups in total. The van der Waals surface area contributed by atoms with Gasteiger partial charge in [-0.15, -0.1) is 0 Å². The lowest BCUT2D eigenvalue weighted by molar-refractivity contribution is 0.197. The van der Waals surface area contributed by atoms with Crippen LogP contribution >= 0.6 is 0 Å². The van der Waals surface area contributed by atoms with Crippen molar-refractivity contribution >= 4 is 0 Å². The fraction of sp³-hybridized carbons (Fsp3) is 0.615. The number of pyridine rings is 1. The summed E-state index contributed by atoms with van der Waals surface area (Å²) in [5, 5.41) is 3.29. The van der Waals surface area contributed by atoms with E-state index in [-0.39, 0.29) is 5.56 Å². The van der Waals surface area contributed by atoms with Gasteiger partial charge in [-0.3, -0.25) is 4.79 Å². The molecule has 1 heterocycles. The predicted octanol–water partition coefficient (Wildman–Crippen LogP) is 0.0531. The summed E-state index contributed by atoms with van der Waals surface area (Å²) >= 11 is 0. The van der Waals surface area contributed by atoms with Crippen LogP contribution in [0, 0.1) is 0 Å². The van der Waals surface area contributed by atoms with E-state index in [9.17, 15) is 4.79 Å². The number of hydrogen-bond donors (Lipinski definition) is 1. The first-order valence-corrected chi connectivity index (χ1v) is 6.17. The molecule has 0 radical (unpaired) electrons. The molecule has 1 aromatic heterocycles.